The van der Waals surface area contributed by atoms with Crippen molar-refractivity contribution in [3.63, 3.8) is 0 Å². The van der Waals surface area contributed by atoms with Gasteiger partial charge < -0.3 is 29.8 Å². The predicted molar refractivity (Wildman–Crippen MR) is 58.3 cm³/mol. The Labute approximate surface area is 102 Å². The second kappa shape index (κ2) is 8.36. The van der Waals surface area contributed by atoms with Gasteiger partial charge in [-0.15, -0.1) is 0 Å². The molecule has 0 aliphatic rings. The lowest BCUT2D eigenvalue weighted by atomic mass is 10.5. The summed E-state index contributed by atoms with van der Waals surface area (Å²) in [4.78, 5) is 51.9. The summed E-state index contributed by atoms with van der Waals surface area (Å²) >= 11 is 0. The molecule has 0 fully saturated rings. The van der Waals surface area contributed by atoms with E-state index in [0.717, 1.165) is 0 Å². The van der Waals surface area contributed by atoms with Gasteiger partial charge in [0.2, 0.25) is 0 Å². The van der Waals surface area contributed by atoms with Crippen LogP contribution in [-0.2, 0) is 18.7 Å². The summed E-state index contributed by atoms with van der Waals surface area (Å²) < 4.78 is 19.9. The molecule has 0 heterocycles. The Morgan fingerprint density at radius 3 is 1.00 bits per heavy atom. The van der Waals surface area contributed by atoms with Crippen molar-refractivity contribution in [3.8, 4) is 0 Å². The first-order valence-corrected chi connectivity index (χ1v) is 7.96. The molecule has 0 aromatic rings. The van der Waals surface area contributed by atoms with E-state index in [0.29, 0.717) is 0 Å². The van der Waals surface area contributed by atoms with Crippen LogP contribution in [0.25, 0.3) is 0 Å². The topological polar surface area (TPSA) is 190 Å². The Morgan fingerprint density at radius 1 is 0.722 bits per heavy atom. The van der Waals surface area contributed by atoms with Crippen molar-refractivity contribution in [2.24, 2.45) is 0 Å². The normalized spacial score (nSPS) is 11.3. The minimum atomic E-state index is -4.10. The molecular weight excluding hydrogens is 294 g/mol. The molecule has 0 aliphatic carbocycles. The van der Waals surface area contributed by atoms with Crippen LogP contribution < -0.4 is 0 Å². The number of carboxylic acids is 2. The highest BCUT2D eigenvalue weighted by Crippen LogP contribution is 2.35. The molecule has 18 heavy (non-hydrogen) atoms. The molecule has 10 nitrogen and oxygen atoms in total. The lowest BCUT2D eigenvalue weighted by Crippen LogP contribution is -1.98. The maximum atomic E-state index is 9.97. The molecule has 0 rings (SSSR count). The number of carbonyl (C=O) groups is 2. The van der Waals surface area contributed by atoms with Crippen LogP contribution in [0.3, 0.4) is 0 Å². The first-order chi connectivity index (χ1) is 7.83. The van der Waals surface area contributed by atoms with Gasteiger partial charge in [0.25, 0.3) is 0 Å². The second-order valence-corrected chi connectivity index (χ2v) is 6.62. The highest BCUT2D eigenvalue weighted by Gasteiger charge is 2.14. The van der Waals surface area contributed by atoms with Crippen LogP contribution in [0.2, 0.25) is 0 Å². The highest BCUT2D eigenvalue weighted by atomic mass is 31.2. The minimum absolute atomic E-state index is 0.482. The van der Waals surface area contributed by atoms with Crippen molar-refractivity contribution in [3.05, 3.63) is 0 Å². The number of carboxylic acid groups (broad SMARTS) is 2. The third kappa shape index (κ3) is 24.5. The van der Waals surface area contributed by atoms with E-state index in [9.17, 15) is 18.7 Å². The van der Waals surface area contributed by atoms with E-state index in [1.165, 1.54) is 0 Å². The van der Waals surface area contributed by atoms with Gasteiger partial charge in [-0.1, -0.05) is 0 Å². The van der Waals surface area contributed by atoms with E-state index >= 15 is 0 Å². The number of hydrogen-bond acceptors (Lipinski definition) is 4. The predicted octanol–water partition coefficient (Wildman–Crippen LogP) is -0.722. The highest BCUT2D eigenvalue weighted by molar-refractivity contribution is 7.52. The van der Waals surface area contributed by atoms with Crippen LogP contribution in [0.15, 0.2) is 0 Å². The molecule has 0 aliphatic heterocycles. The maximum absolute atomic E-state index is 9.97. The molecule has 0 atom stereocenters. The van der Waals surface area contributed by atoms with Crippen LogP contribution in [0.4, 0.5) is 0 Å². The fourth-order valence-electron chi connectivity index (χ4n) is 0.483. The van der Waals surface area contributed by atoms with Crippen molar-refractivity contribution < 1.29 is 48.5 Å². The van der Waals surface area contributed by atoms with Crippen LogP contribution in [-0.4, -0.2) is 54.0 Å². The number of rotatable bonds is 6. The van der Waals surface area contributed by atoms with Crippen molar-refractivity contribution in [2.45, 2.75) is 12.8 Å². The van der Waals surface area contributed by atoms with Crippen molar-refractivity contribution >= 4 is 27.1 Å². The zero-order chi connectivity index (χ0) is 15.0. The Balaban J connectivity index is 0. The quantitative estimate of drug-likeness (QED) is 0.341. The lowest BCUT2D eigenvalue weighted by molar-refractivity contribution is -0.137. The summed E-state index contributed by atoms with van der Waals surface area (Å²) in [7, 11) is -8.20. The van der Waals surface area contributed by atoms with Crippen LogP contribution >= 0.6 is 15.2 Å². The van der Waals surface area contributed by atoms with Crippen molar-refractivity contribution in [1.82, 2.24) is 0 Å². The fourth-order valence-corrected chi connectivity index (χ4v) is 1.45. The van der Waals surface area contributed by atoms with Gasteiger partial charge in [0.05, 0.1) is 25.2 Å². The first-order valence-electron chi connectivity index (χ1n) is 4.36. The van der Waals surface area contributed by atoms with E-state index in [2.05, 4.69) is 0 Å². The molecule has 6 N–H and O–H groups in total. The average molecular weight is 308 g/mol. The summed E-state index contributed by atoms with van der Waals surface area (Å²) in [6, 6.07) is 0. The third-order valence-electron chi connectivity index (χ3n) is 1.23. The standard InChI is InChI=1S/2C3H7O5P/c2*4-3(5)1-2-9(6,7)8/h2*1-2H2,(H,4,5)(H2,6,7,8). The maximum Gasteiger partial charge on any atom is 0.326 e. The lowest BCUT2D eigenvalue weighted by Gasteiger charge is -1.97. The summed E-state index contributed by atoms with van der Waals surface area (Å²) in [6.07, 6.45) is -2.13. The number of hydrogen-bond donors (Lipinski definition) is 6. The Bertz CT molecular complexity index is 329. The Morgan fingerprint density at radius 2 is 0.944 bits per heavy atom. The van der Waals surface area contributed by atoms with Crippen LogP contribution in [0.1, 0.15) is 12.8 Å². The zero-order valence-corrected chi connectivity index (χ0v) is 10.8. The van der Waals surface area contributed by atoms with Gasteiger partial charge in [-0.05, 0) is 0 Å². The molecule has 0 saturated carbocycles. The molecule has 0 spiro atoms. The summed E-state index contributed by atoms with van der Waals surface area (Å²) in [5.74, 6) is -2.39. The molecule has 0 unspecified atom stereocenters. The summed E-state index contributed by atoms with van der Waals surface area (Å²) in [6.45, 7) is 0. The minimum Gasteiger partial charge on any atom is -0.481 e. The van der Waals surface area contributed by atoms with Gasteiger partial charge in [-0.3, -0.25) is 18.7 Å². The van der Waals surface area contributed by atoms with Crippen molar-refractivity contribution in [1.29, 1.82) is 0 Å². The average Bonchev–Trinajstić information content (AvgIpc) is 2.10. The smallest absolute Gasteiger partial charge is 0.326 e. The van der Waals surface area contributed by atoms with E-state index in [1.807, 2.05) is 0 Å². The molecule has 0 aromatic heterocycles. The van der Waals surface area contributed by atoms with Gasteiger partial charge >= 0.3 is 27.1 Å². The molecule has 0 saturated heterocycles. The van der Waals surface area contributed by atoms with Gasteiger partial charge in [0.15, 0.2) is 0 Å². The monoisotopic (exact) mass is 308 g/mol. The number of aliphatic carboxylic acids is 2. The first kappa shape index (κ1) is 19.6. The van der Waals surface area contributed by atoms with E-state index in [4.69, 9.17) is 29.8 Å². The third-order valence-corrected chi connectivity index (χ3v) is 2.85. The summed E-state index contributed by atoms with van der Waals surface area (Å²) in [5.41, 5.74) is 0. The van der Waals surface area contributed by atoms with E-state index < -0.39 is 52.3 Å². The largest absolute Gasteiger partial charge is 0.481 e. The molecule has 0 radical (unpaired) electrons. The Hall–Kier alpha value is -0.760. The molecule has 108 valence electrons. The van der Waals surface area contributed by atoms with Crippen molar-refractivity contribution in [2.75, 3.05) is 12.3 Å². The van der Waals surface area contributed by atoms with Gasteiger partial charge in [0.1, 0.15) is 0 Å². The van der Waals surface area contributed by atoms with Gasteiger partial charge in [0, 0.05) is 0 Å². The summed E-state index contributed by atoms with van der Waals surface area (Å²) in [5, 5.41) is 15.9. The molecular formula is C6H14O10P2. The Kier molecular flexibility index (Phi) is 9.09. The van der Waals surface area contributed by atoms with Crippen LogP contribution in [0, 0.1) is 0 Å². The molecule has 12 heteroatoms. The van der Waals surface area contributed by atoms with Crippen LogP contribution in [0.5, 0.6) is 0 Å². The van der Waals surface area contributed by atoms with E-state index in [-0.39, 0.29) is 0 Å². The fraction of sp³-hybridized carbons (Fsp3) is 0.667. The molecule has 0 bridgehead atoms. The molecule has 0 aromatic carbocycles. The molecule has 0 amide bonds. The van der Waals surface area contributed by atoms with Gasteiger partial charge in [-0.25, -0.2) is 0 Å². The SMILES string of the molecule is O=C(O)CCP(=O)(O)O.O=C(O)CCP(=O)(O)O. The zero-order valence-electron chi connectivity index (χ0n) is 9.04. The van der Waals surface area contributed by atoms with E-state index in [1.54, 1.807) is 0 Å². The second-order valence-electron chi connectivity index (χ2n) is 3.06. The van der Waals surface area contributed by atoms with Gasteiger partial charge in [-0.2, -0.15) is 0 Å².